The molecule has 1 aromatic carbocycles. The monoisotopic (exact) mass is 242 g/mol. The van der Waals surface area contributed by atoms with Gasteiger partial charge in [0.05, 0.1) is 10.7 Å². The predicted octanol–water partition coefficient (Wildman–Crippen LogP) is 2.15. The van der Waals surface area contributed by atoms with Gasteiger partial charge in [-0.2, -0.15) is 0 Å². The predicted molar refractivity (Wildman–Crippen MR) is 71.8 cm³/mol. The lowest BCUT2D eigenvalue weighted by Gasteiger charge is -2.06. The van der Waals surface area contributed by atoms with Gasteiger partial charge in [-0.15, -0.1) is 0 Å². The topological polar surface area (TPSA) is 55.9 Å². The van der Waals surface area contributed by atoms with Crippen molar-refractivity contribution in [2.24, 2.45) is 16.1 Å². The maximum Gasteiger partial charge on any atom is 0.396 e. The maximum atomic E-state index is 10.8. The fourth-order valence-electron chi connectivity index (χ4n) is 1.82. The molecule has 1 aromatic rings. The molecule has 0 radical (unpaired) electrons. The summed E-state index contributed by atoms with van der Waals surface area (Å²) < 4.78 is 4.23. The molecule has 0 amide bonds. The van der Waals surface area contributed by atoms with Crippen molar-refractivity contribution in [1.82, 2.24) is 4.67 Å². The smallest absolute Gasteiger partial charge is 0.303 e. The van der Waals surface area contributed by atoms with Gasteiger partial charge in [0.25, 0.3) is 0 Å². The average molecular weight is 242 g/mol. The van der Waals surface area contributed by atoms with Crippen LogP contribution in [0.4, 0.5) is 0 Å². The van der Waals surface area contributed by atoms with E-state index >= 15 is 0 Å². The highest BCUT2D eigenvalue weighted by Crippen LogP contribution is 2.12. The number of rotatable bonds is 5. The quantitative estimate of drug-likeness (QED) is 0.576. The Bertz CT molecular complexity index is 537. The van der Waals surface area contributed by atoms with Gasteiger partial charge in [-0.1, -0.05) is 19.1 Å². The van der Waals surface area contributed by atoms with Crippen molar-refractivity contribution < 1.29 is 4.79 Å². The Balaban J connectivity index is 2.14. The summed E-state index contributed by atoms with van der Waals surface area (Å²) in [5.74, 6) is 1.44. The third-order valence-electron chi connectivity index (χ3n) is 2.98. The normalized spacial score (nSPS) is 15.2. The van der Waals surface area contributed by atoms with E-state index in [1.54, 1.807) is 0 Å². The molecule has 2 rings (SSSR count). The van der Waals surface area contributed by atoms with E-state index < -0.39 is 0 Å². The van der Waals surface area contributed by atoms with E-state index in [9.17, 15) is 4.79 Å². The molecule has 4 nitrogen and oxygen atoms in total. The van der Waals surface area contributed by atoms with Crippen molar-refractivity contribution in [2.45, 2.75) is 26.7 Å². The molecule has 1 atom stereocenters. The molecule has 0 aromatic heterocycles. The number of aldehydes is 1. The van der Waals surface area contributed by atoms with Crippen LogP contribution in [0.1, 0.15) is 31.4 Å². The van der Waals surface area contributed by atoms with Gasteiger partial charge in [0.2, 0.25) is 0 Å². The first-order valence-corrected chi connectivity index (χ1v) is 6.11. The molecule has 0 aliphatic carbocycles. The van der Waals surface area contributed by atoms with Gasteiger partial charge in [-0.25, -0.2) is 4.67 Å². The van der Waals surface area contributed by atoms with Crippen LogP contribution in [0.3, 0.4) is 0 Å². The Morgan fingerprint density at radius 1 is 1.28 bits per heavy atom. The van der Waals surface area contributed by atoms with Gasteiger partial charge in [-0.3, -0.25) is 0 Å². The molecule has 92 valence electrons. The van der Waals surface area contributed by atoms with Gasteiger partial charge in [0.15, 0.2) is 0 Å². The summed E-state index contributed by atoms with van der Waals surface area (Å²) in [6, 6.07) is 7.99. The van der Waals surface area contributed by atoms with Gasteiger partial charge in [0.1, 0.15) is 11.4 Å². The van der Waals surface area contributed by atoms with Crippen LogP contribution in [-0.4, -0.2) is 18.0 Å². The second kappa shape index (κ2) is 5.52. The Morgan fingerprint density at radius 2 is 2.00 bits per heavy atom. The maximum absolute atomic E-state index is 10.8. The van der Waals surface area contributed by atoms with Gasteiger partial charge in [-0.05, 0) is 30.5 Å². The van der Waals surface area contributed by atoms with E-state index in [2.05, 4.69) is 14.9 Å². The van der Waals surface area contributed by atoms with E-state index in [1.807, 2.05) is 38.1 Å². The van der Waals surface area contributed by atoms with E-state index in [-0.39, 0.29) is 5.92 Å². The number of carbonyl (C=O) groups is 1. The van der Waals surface area contributed by atoms with Crippen molar-refractivity contribution in [3.05, 3.63) is 35.4 Å². The first-order chi connectivity index (χ1) is 8.72. The molecule has 4 heteroatoms. The number of benzene rings is 1. The molecule has 1 unspecified atom stereocenters. The number of hydrogen-bond acceptors (Lipinski definition) is 3. The highest BCUT2D eigenvalue weighted by atomic mass is 16.1. The van der Waals surface area contributed by atoms with Crippen molar-refractivity contribution in [3.8, 4) is 0 Å². The van der Waals surface area contributed by atoms with Crippen LogP contribution < -0.4 is 4.67 Å². The Kier molecular flexibility index (Phi) is 3.80. The van der Waals surface area contributed by atoms with Crippen LogP contribution in [0, 0.1) is 5.92 Å². The van der Waals surface area contributed by atoms with Crippen molar-refractivity contribution in [1.29, 1.82) is 0 Å². The third-order valence-corrected chi connectivity index (χ3v) is 2.98. The molecule has 0 saturated carbocycles. The van der Waals surface area contributed by atoms with Crippen LogP contribution in [0.5, 0.6) is 0 Å². The Labute approximate surface area is 106 Å². The van der Waals surface area contributed by atoms with E-state index in [0.717, 1.165) is 30.3 Å². The molecule has 1 aliphatic rings. The fourth-order valence-corrected chi connectivity index (χ4v) is 1.82. The molecule has 0 spiro atoms. The SMILES string of the molecule is CCC(C=O)Cc1ccc(C2=[N+]=C(C)N=N2)cc1. The molecule has 0 fully saturated rings. The summed E-state index contributed by atoms with van der Waals surface area (Å²) in [4.78, 5) is 10.8. The first kappa shape index (κ1) is 12.4. The molecule has 0 N–H and O–H groups in total. The average Bonchev–Trinajstić information content (AvgIpc) is 2.83. The van der Waals surface area contributed by atoms with Gasteiger partial charge < -0.3 is 4.79 Å². The number of hydrogen-bond donors (Lipinski definition) is 0. The van der Waals surface area contributed by atoms with Gasteiger partial charge >= 0.3 is 11.7 Å². The summed E-state index contributed by atoms with van der Waals surface area (Å²) in [6.07, 6.45) is 2.70. The second-order valence-electron chi connectivity index (χ2n) is 4.39. The van der Waals surface area contributed by atoms with Crippen LogP contribution >= 0.6 is 0 Å². The molecule has 0 saturated heterocycles. The first-order valence-electron chi connectivity index (χ1n) is 6.11. The van der Waals surface area contributed by atoms with E-state index in [1.165, 1.54) is 0 Å². The lowest BCUT2D eigenvalue weighted by molar-refractivity contribution is -0.111. The second-order valence-corrected chi connectivity index (χ2v) is 4.39. The Hall–Kier alpha value is -2.06. The molecule has 0 bridgehead atoms. The number of carbonyl (C=O) groups excluding carboxylic acids is 1. The van der Waals surface area contributed by atoms with E-state index in [4.69, 9.17) is 0 Å². The van der Waals surface area contributed by atoms with Crippen LogP contribution in [0.2, 0.25) is 0 Å². The zero-order valence-electron chi connectivity index (χ0n) is 10.6. The zero-order valence-corrected chi connectivity index (χ0v) is 10.6. The number of azo groups is 1. The Morgan fingerprint density at radius 3 is 2.50 bits per heavy atom. The van der Waals surface area contributed by atoms with Crippen LogP contribution in [0.25, 0.3) is 0 Å². The largest absolute Gasteiger partial charge is 0.396 e. The number of nitrogens with zero attached hydrogens (tertiary/aromatic N) is 3. The molecule has 1 aliphatic heterocycles. The van der Waals surface area contributed by atoms with Crippen molar-refractivity contribution in [2.75, 3.05) is 0 Å². The standard InChI is InChI=1S/C14H16N3O/c1-3-11(9-18)8-12-4-6-13(7-5-12)14-15-10(2)16-17-14/h4-7,9,11H,3,8H2,1-2H3/q+1. The van der Waals surface area contributed by atoms with Crippen LogP contribution in [0.15, 0.2) is 34.5 Å². The minimum atomic E-state index is 0.106. The molecule has 1 heterocycles. The highest BCUT2D eigenvalue weighted by Gasteiger charge is 2.18. The third kappa shape index (κ3) is 2.79. The van der Waals surface area contributed by atoms with E-state index in [0.29, 0.717) is 11.7 Å². The van der Waals surface area contributed by atoms with Crippen molar-refractivity contribution in [3.63, 3.8) is 0 Å². The van der Waals surface area contributed by atoms with Crippen molar-refractivity contribution >= 4 is 18.0 Å². The lowest BCUT2D eigenvalue weighted by Crippen LogP contribution is -2.05. The molecular weight excluding hydrogens is 226 g/mol. The lowest BCUT2D eigenvalue weighted by atomic mass is 9.97. The highest BCUT2D eigenvalue weighted by molar-refractivity contribution is 6.04. The molecular formula is C14H16N3O+. The molecule has 18 heavy (non-hydrogen) atoms. The summed E-state index contributed by atoms with van der Waals surface area (Å²) in [5.41, 5.74) is 2.12. The minimum Gasteiger partial charge on any atom is -0.303 e. The number of amidine groups is 2. The summed E-state index contributed by atoms with van der Waals surface area (Å²) >= 11 is 0. The summed E-state index contributed by atoms with van der Waals surface area (Å²) in [6.45, 7) is 3.85. The fraction of sp³-hybridized carbons (Fsp3) is 0.357. The van der Waals surface area contributed by atoms with Crippen LogP contribution in [-0.2, 0) is 11.2 Å². The minimum absolute atomic E-state index is 0.106. The summed E-state index contributed by atoms with van der Waals surface area (Å²) in [5, 5.41) is 7.87. The zero-order chi connectivity index (χ0) is 13.0. The van der Waals surface area contributed by atoms with Gasteiger partial charge in [0, 0.05) is 12.8 Å². The summed E-state index contributed by atoms with van der Waals surface area (Å²) in [7, 11) is 0.